The minimum atomic E-state index is -3.06. The van der Waals surface area contributed by atoms with Crippen molar-refractivity contribution in [3.05, 3.63) is 0 Å². The van der Waals surface area contributed by atoms with Crippen LogP contribution in [0.1, 0.15) is 129 Å². The number of unbranched alkanes of at least 4 members (excludes halogenated alkanes) is 13. The Morgan fingerprint density at radius 2 is 1.09 bits per heavy atom. The fraction of sp³-hybridized carbons (Fsp3) is 0.852. The smallest absolute Gasteiger partial charge is 0.337 e. The van der Waals surface area contributed by atoms with Crippen LogP contribution in [0.2, 0.25) is 0 Å². The molecule has 0 fully saturated rings. The number of carbonyl (C=O) groups is 4. The summed E-state index contributed by atoms with van der Waals surface area (Å²) in [5.41, 5.74) is -3.06. The summed E-state index contributed by atoms with van der Waals surface area (Å²) in [7, 11) is 0. The molecule has 0 aliphatic heterocycles. The molecule has 0 aromatic rings. The van der Waals surface area contributed by atoms with Crippen molar-refractivity contribution in [2.45, 2.75) is 135 Å². The van der Waals surface area contributed by atoms with E-state index >= 15 is 0 Å². The van der Waals surface area contributed by atoms with Gasteiger partial charge in [0.05, 0.1) is 6.42 Å². The average molecular weight is 501 g/mol. The second kappa shape index (κ2) is 19.3. The Bertz CT molecular complexity index is 633. The van der Waals surface area contributed by atoms with E-state index in [0.29, 0.717) is 12.8 Å². The lowest BCUT2D eigenvalue weighted by Crippen LogP contribution is -2.55. The standard InChI is InChI=1S/C27H48O8/c1-3-5-7-9-10-11-12-13-15-16-18-21(22(28)19-17-14-8-6-4-2)24(25(31)32)27(35,26(33)34)20-23(29)30/h21,24,35H,3-20H2,1-2H3,(H,29,30)(H,31,32)(H,33,34). The van der Waals surface area contributed by atoms with Crippen LogP contribution in [0.25, 0.3) is 0 Å². The fourth-order valence-electron chi connectivity index (χ4n) is 4.71. The molecule has 0 aromatic carbocycles. The summed E-state index contributed by atoms with van der Waals surface area (Å²) in [5.74, 6) is -8.89. The predicted octanol–water partition coefficient (Wildman–Crippen LogP) is 5.83. The van der Waals surface area contributed by atoms with Crippen LogP contribution in [0.15, 0.2) is 0 Å². The molecule has 35 heavy (non-hydrogen) atoms. The molecule has 0 rings (SSSR count). The van der Waals surface area contributed by atoms with Crippen molar-refractivity contribution in [2.75, 3.05) is 0 Å². The van der Waals surface area contributed by atoms with Crippen molar-refractivity contribution in [3.63, 3.8) is 0 Å². The second-order valence-electron chi connectivity index (χ2n) is 9.82. The van der Waals surface area contributed by atoms with E-state index in [1.807, 2.05) is 0 Å². The Hall–Kier alpha value is -1.96. The molecular weight excluding hydrogens is 452 g/mol. The number of hydrogen-bond acceptors (Lipinski definition) is 5. The summed E-state index contributed by atoms with van der Waals surface area (Å²) in [6, 6.07) is 0. The lowest BCUT2D eigenvalue weighted by Gasteiger charge is -2.33. The maximum absolute atomic E-state index is 13.1. The van der Waals surface area contributed by atoms with Crippen LogP contribution >= 0.6 is 0 Å². The minimum absolute atomic E-state index is 0.0959. The van der Waals surface area contributed by atoms with Crippen molar-refractivity contribution in [3.8, 4) is 0 Å². The fourth-order valence-corrected chi connectivity index (χ4v) is 4.71. The molecule has 0 spiro atoms. The van der Waals surface area contributed by atoms with E-state index < -0.39 is 47.5 Å². The first-order chi connectivity index (χ1) is 16.6. The molecule has 4 N–H and O–H groups in total. The summed E-state index contributed by atoms with van der Waals surface area (Å²) in [6.45, 7) is 4.25. The van der Waals surface area contributed by atoms with E-state index in [9.17, 15) is 34.5 Å². The summed E-state index contributed by atoms with van der Waals surface area (Å²) in [5, 5.41) is 39.2. The largest absolute Gasteiger partial charge is 0.481 e. The molecule has 0 saturated carbocycles. The molecule has 8 nitrogen and oxygen atoms in total. The van der Waals surface area contributed by atoms with Crippen LogP contribution < -0.4 is 0 Å². The highest BCUT2D eigenvalue weighted by atomic mass is 16.4. The van der Waals surface area contributed by atoms with Gasteiger partial charge in [0.15, 0.2) is 5.60 Å². The van der Waals surface area contributed by atoms with Gasteiger partial charge in [-0.25, -0.2) is 4.79 Å². The van der Waals surface area contributed by atoms with E-state index in [1.54, 1.807) is 0 Å². The Balaban J connectivity index is 5.21. The zero-order valence-electron chi connectivity index (χ0n) is 21.8. The van der Waals surface area contributed by atoms with Crippen LogP contribution in [0.3, 0.4) is 0 Å². The molecule has 0 radical (unpaired) electrons. The number of aliphatic carboxylic acids is 3. The second-order valence-corrected chi connectivity index (χ2v) is 9.82. The SMILES string of the molecule is CCCCCCCCCCCCC(C(=O)CCCCCCC)C(C(=O)O)C(O)(CC(=O)O)C(=O)O. The van der Waals surface area contributed by atoms with E-state index in [0.717, 1.165) is 51.4 Å². The maximum Gasteiger partial charge on any atom is 0.337 e. The van der Waals surface area contributed by atoms with E-state index in [2.05, 4.69) is 13.8 Å². The normalized spacial score (nSPS) is 14.7. The van der Waals surface area contributed by atoms with Gasteiger partial charge in [0.1, 0.15) is 11.7 Å². The van der Waals surface area contributed by atoms with Gasteiger partial charge in [-0.2, -0.15) is 0 Å². The molecule has 0 aromatic heterocycles. The highest BCUT2D eigenvalue weighted by Crippen LogP contribution is 2.34. The first-order valence-electron chi connectivity index (χ1n) is 13.5. The van der Waals surface area contributed by atoms with Crippen molar-refractivity contribution in [1.82, 2.24) is 0 Å². The van der Waals surface area contributed by atoms with Crippen LogP contribution in [-0.2, 0) is 19.2 Å². The molecular formula is C27H48O8. The van der Waals surface area contributed by atoms with Gasteiger partial charge in [0.25, 0.3) is 0 Å². The van der Waals surface area contributed by atoms with E-state index in [-0.39, 0.29) is 12.8 Å². The van der Waals surface area contributed by atoms with Gasteiger partial charge in [-0.3, -0.25) is 14.4 Å². The number of carbonyl (C=O) groups excluding carboxylic acids is 1. The van der Waals surface area contributed by atoms with Crippen LogP contribution in [0, 0.1) is 11.8 Å². The third kappa shape index (κ3) is 13.6. The Morgan fingerprint density at radius 1 is 0.657 bits per heavy atom. The van der Waals surface area contributed by atoms with Crippen LogP contribution in [0.5, 0.6) is 0 Å². The maximum atomic E-state index is 13.1. The predicted molar refractivity (Wildman–Crippen MR) is 134 cm³/mol. The van der Waals surface area contributed by atoms with Gasteiger partial charge in [-0.1, -0.05) is 104 Å². The Kier molecular flexibility index (Phi) is 18.2. The zero-order chi connectivity index (χ0) is 26.7. The van der Waals surface area contributed by atoms with Crippen molar-refractivity contribution in [2.24, 2.45) is 11.8 Å². The highest BCUT2D eigenvalue weighted by Gasteiger charge is 2.54. The molecule has 3 unspecified atom stereocenters. The third-order valence-corrected chi connectivity index (χ3v) is 6.78. The molecule has 0 heterocycles. The Morgan fingerprint density at radius 3 is 1.49 bits per heavy atom. The number of aliphatic hydroxyl groups is 1. The van der Waals surface area contributed by atoms with Gasteiger partial charge in [-0.05, 0) is 12.8 Å². The zero-order valence-corrected chi connectivity index (χ0v) is 21.8. The summed E-state index contributed by atoms with van der Waals surface area (Å²) >= 11 is 0. The lowest BCUT2D eigenvalue weighted by molar-refractivity contribution is -0.184. The number of carboxylic acids is 3. The van der Waals surface area contributed by atoms with E-state index in [1.165, 1.54) is 32.1 Å². The van der Waals surface area contributed by atoms with Crippen LogP contribution in [0.4, 0.5) is 0 Å². The number of carboxylic acid groups (broad SMARTS) is 3. The van der Waals surface area contributed by atoms with Gasteiger partial charge >= 0.3 is 17.9 Å². The monoisotopic (exact) mass is 500 g/mol. The Labute approximate surface area is 210 Å². The minimum Gasteiger partial charge on any atom is -0.481 e. The molecule has 204 valence electrons. The molecule has 0 aliphatic rings. The molecule has 0 bridgehead atoms. The van der Waals surface area contributed by atoms with Gasteiger partial charge in [-0.15, -0.1) is 0 Å². The number of hydrogen-bond donors (Lipinski definition) is 4. The highest BCUT2D eigenvalue weighted by molar-refractivity contribution is 5.94. The summed E-state index contributed by atoms with van der Waals surface area (Å²) < 4.78 is 0. The molecule has 8 heteroatoms. The van der Waals surface area contributed by atoms with Gasteiger partial charge in [0.2, 0.25) is 0 Å². The molecule has 0 aliphatic carbocycles. The van der Waals surface area contributed by atoms with Gasteiger partial charge in [0, 0.05) is 12.3 Å². The van der Waals surface area contributed by atoms with Gasteiger partial charge < -0.3 is 20.4 Å². The summed E-state index contributed by atoms with van der Waals surface area (Å²) in [4.78, 5) is 48.2. The van der Waals surface area contributed by atoms with Crippen molar-refractivity contribution >= 4 is 23.7 Å². The number of rotatable bonds is 24. The topological polar surface area (TPSA) is 149 Å². The first kappa shape index (κ1) is 33.0. The first-order valence-corrected chi connectivity index (χ1v) is 13.5. The third-order valence-electron chi connectivity index (χ3n) is 6.78. The molecule has 3 atom stereocenters. The number of Topliss-reactive ketones (excluding diaryl/α,β-unsaturated/α-hetero) is 1. The van der Waals surface area contributed by atoms with Crippen LogP contribution in [-0.4, -0.2) is 49.7 Å². The summed E-state index contributed by atoms with van der Waals surface area (Å²) in [6.07, 6.45) is 13.8. The molecule has 0 amide bonds. The van der Waals surface area contributed by atoms with Crippen molar-refractivity contribution in [1.29, 1.82) is 0 Å². The quantitative estimate of drug-likeness (QED) is 0.121. The van der Waals surface area contributed by atoms with E-state index in [4.69, 9.17) is 5.11 Å². The molecule has 0 saturated heterocycles. The lowest BCUT2D eigenvalue weighted by atomic mass is 9.71. The number of ketones is 1. The average Bonchev–Trinajstić information content (AvgIpc) is 2.78. The van der Waals surface area contributed by atoms with Crippen molar-refractivity contribution < 1.29 is 39.6 Å².